The molecule has 0 atom stereocenters. The minimum atomic E-state index is 0.00513. The molecule has 0 spiro atoms. The largest absolute Gasteiger partial charge is 0.371 e. The summed E-state index contributed by atoms with van der Waals surface area (Å²) in [5.41, 5.74) is 1.28. The fourth-order valence-electron chi connectivity index (χ4n) is 2.11. The van der Waals surface area contributed by atoms with Crippen molar-refractivity contribution < 1.29 is 9.53 Å². The van der Waals surface area contributed by atoms with Crippen LogP contribution in [-0.4, -0.2) is 31.7 Å². The van der Waals surface area contributed by atoms with E-state index < -0.39 is 0 Å². The van der Waals surface area contributed by atoms with E-state index in [1.54, 1.807) is 0 Å². The molecular formula is C17H26N2O2. The smallest absolute Gasteiger partial charge is 0.246 e. The predicted octanol–water partition coefficient (Wildman–Crippen LogP) is 2.10. The first kappa shape index (κ1) is 16.0. The maximum atomic E-state index is 11.5. The second kappa shape index (κ2) is 7.57. The fraction of sp³-hybridized carbons (Fsp3) is 0.588. The molecule has 0 heterocycles. The molecule has 1 amide bonds. The summed E-state index contributed by atoms with van der Waals surface area (Å²) in [6.45, 7) is 6.73. The Morgan fingerprint density at radius 2 is 2.00 bits per heavy atom. The number of hydrogen-bond donors (Lipinski definition) is 2. The van der Waals surface area contributed by atoms with Crippen molar-refractivity contribution in [3.63, 3.8) is 0 Å². The third kappa shape index (κ3) is 6.74. The van der Waals surface area contributed by atoms with E-state index in [0.29, 0.717) is 12.6 Å². The van der Waals surface area contributed by atoms with Crippen LogP contribution in [0.4, 0.5) is 0 Å². The van der Waals surface area contributed by atoms with Crippen LogP contribution >= 0.6 is 0 Å². The highest BCUT2D eigenvalue weighted by molar-refractivity contribution is 5.77. The summed E-state index contributed by atoms with van der Waals surface area (Å²) in [4.78, 5) is 11.5. The van der Waals surface area contributed by atoms with E-state index in [9.17, 15) is 4.79 Å². The highest BCUT2D eigenvalue weighted by Gasteiger charge is 2.24. The van der Waals surface area contributed by atoms with Crippen LogP contribution in [0.2, 0.25) is 0 Å². The molecule has 1 fully saturated rings. The molecule has 4 nitrogen and oxygen atoms in total. The number of hydrogen-bond acceptors (Lipinski definition) is 3. The molecule has 1 aliphatic carbocycles. The molecule has 2 rings (SSSR count). The van der Waals surface area contributed by atoms with Gasteiger partial charge in [0.1, 0.15) is 6.61 Å². The summed E-state index contributed by atoms with van der Waals surface area (Å²) in [7, 11) is 0. The number of rotatable bonds is 9. The van der Waals surface area contributed by atoms with E-state index in [2.05, 4.69) is 36.6 Å². The van der Waals surface area contributed by atoms with E-state index in [-0.39, 0.29) is 17.9 Å². The minimum absolute atomic E-state index is 0.00513. The average molecular weight is 290 g/mol. The number of carbonyl (C=O) groups is 1. The lowest BCUT2D eigenvalue weighted by atomic mass is 9.95. The van der Waals surface area contributed by atoms with Crippen LogP contribution in [0.25, 0.3) is 0 Å². The Labute approximate surface area is 127 Å². The first-order valence-electron chi connectivity index (χ1n) is 7.67. The van der Waals surface area contributed by atoms with Crippen molar-refractivity contribution in [3.05, 3.63) is 35.9 Å². The predicted molar refractivity (Wildman–Crippen MR) is 83.9 cm³/mol. The number of carbonyl (C=O) groups excluding carboxylic acids is 1. The third-order valence-electron chi connectivity index (χ3n) is 3.44. The molecule has 1 saturated carbocycles. The molecule has 0 aromatic heterocycles. The van der Waals surface area contributed by atoms with Crippen LogP contribution in [0.1, 0.15) is 32.3 Å². The van der Waals surface area contributed by atoms with E-state index in [4.69, 9.17) is 4.74 Å². The van der Waals surface area contributed by atoms with Crippen molar-refractivity contribution in [3.8, 4) is 0 Å². The van der Waals surface area contributed by atoms with Gasteiger partial charge >= 0.3 is 0 Å². The standard InChI is InChI=1S/C17H26N2O2/c1-17(2,12-18-10-14-6-4-3-5-7-14)13-21-11-16(20)19-15-8-9-15/h3-7,15,18H,8-13H2,1-2H3,(H,19,20). The quantitative estimate of drug-likeness (QED) is 0.732. The molecule has 0 unspecified atom stereocenters. The highest BCUT2D eigenvalue weighted by Crippen LogP contribution is 2.18. The van der Waals surface area contributed by atoms with Crippen molar-refractivity contribution in [1.82, 2.24) is 10.6 Å². The Kier molecular flexibility index (Phi) is 5.76. The van der Waals surface area contributed by atoms with Gasteiger partial charge in [-0.1, -0.05) is 44.2 Å². The zero-order valence-electron chi connectivity index (χ0n) is 13.0. The molecule has 21 heavy (non-hydrogen) atoms. The topological polar surface area (TPSA) is 50.4 Å². The van der Waals surface area contributed by atoms with Gasteiger partial charge < -0.3 is 15.4 Å². The molecule has 116 valence electrons. The van der Waals surface area contributed by atoms with Gasteiger partial charge in [0.25, 0.3) is 0 Å². The van der Waals surface area contributed by atoms with Crippen LogP contribution in [-0.2, 0) is 16.1 Å². The van der Waals surface area contributed by atoms with Gasteiger partial charge in [-0.05, 0) is 18.4 Å². The summed E-state index contributed by atoms with van der Waals surface area (Å²) < 4.78 is 5.54. The van der Waals surface area contributed by atoms with Crippen LogP contribution in [0.3, 0.4) is 0 Å². The number of ether oxygens (including phenoxy) is 1. The minimum Gasteiger partial charge on any atom is -0.371 e. The Hall–Kier alpha value is -1.39. The molecule has 2 N–H and O–H groups in total. The molecular weight excluding hydrogens is 264 g/mol. The van der Waals surface area contributed by atoms with Crippen molar-refractivity contribution in [1.29, 1.82) is 0 Å². The first-order valence-corrected chi connectivity index (χ1v) is 7.67. The molecule has 0 bridgehead atoms. The zero-order valence-corrected chi connectivity index (χ0v) is 13.0. The summed E-state index contributed by atoms with van der Waals surface area (Å²) in [5, 5.41) is 6.37. The maximum Gasteiger partial charge on any atom is 0.246 e. The van der Waals surface area contributed by atoms with E-state index in [0.717, 1.165) is 25.9 Å². The van der Waals surface area contributed by atoms with E-state index in [1.807, 2.05) is 18.2 Å². The Bertz CT molecular complexity index is 441. The van der Waals surface area contributed by atoms with Crippen LogP contribution in [0, 0.1) is 5.41 Å². The lowest BCUT2D eigenvalue weighted by molar-refractivity contribution is -0.126. The van der Waals surface area contributed by atoms with E-state index in [1.165, 1.54) is 5.56 Å². The van der Waals surface area contributed by atoms with Gasteiger partial charge in [-0.15, -0.1) is 0 Å². The Balaban J connectivity index is 1.58. The SMILES string of the molecule is CC(C)(CNCc1ccccc1)COCC(=O)NC1CC1. The van der Waals surface area contributed by atoms with Crippen LogP contribution < -0.4 is 10.6 Å². The third-order valence-corrected chi connectivity index (χ3v) is 3.44. The van der Waals surface area contributed by atoms with Crippen LogP contribution in [0.15, 0.2) is 30.3 Å². The molecule has 1 aromatic carbocycles. The molecule has 0 saturated heterocycles. The van der Waals surface area contributed by atoms with Crippen molar-refractivity contribution >= 4 is 5.91 Å². The van der Waals surface area contributed by atoms with Crippen molar-refractivity contribution in [2.24, 2.45) is 5.41 Å². The summed E-state index contributed by atoms with van der Waals surface area (Å²) >= 11 is 0. The Morgan fingerprint density at radius 3 is 2.67 bits per heavy atom. The molecule has 0 radical (unpaired) electrons. The van der Waals surface area contributed by atoms with Crippen LogP contribution in [0.5, 0.6) is 0 Å². The molecule has 1 aliphatic rings. The van der Waals surface area contributed by atoms with Gasteiger partial charge in [0.2, 0.25) is 5.91 Å². The maximum absolute atomic E-state index is 11.5. The normalized spacial score (nSPS) is 15.0. The van der Waals surface area contributed by atoms with Gasteiger partial charge in [-0.25, -0.2) is 0 Å². The van der Waals surface area contributed by atoms with Gasteiger partial charge in [0, 0.05) is 24.5 Å². The van der Waals surface area contributed by atoms with Crippen molar-refractivity contribution in [2.75, 3.05) is 19.8 Å². The number of nitrogens with one attached hydrogen (secondary N) is 2. The summed E-state index contributed by atoms with van der Waals surface area (Å²) in [6, 6.07) is 10.7. The van der Waals surface area contributed by atoms with Gasteiger partial charge in [0.15, 0.2) is 0 Å². The lowest BCUT2D eigenvalue weighted by Gasteiger charge is -2.24. The average Bonchev–Trinajstić information content (AvgIpc) is 3.23. The first-order chi connectivity index (χ1) is 10.1. The lowest BCUT2D eigenvalue weighted by Crippen LogP contribution is -2.35. The van der Waals surface area contributed by atoms with Crippen molar-refractivity contribution in [2.45, 2.75) is 39.3 Å². The highest BCUT2D eigenvalue weighted by atomic mass is 16.5. The van der Waals surface area contributed by atoms with Gasteiger partial charge in [-0.3, -0.25) is 4.79 Å². The number of benzene rings is 1. The number of amides is 1. The Morgan fingerprint density at radius 1 is 1.29 bits per heavy atom. The fourth-order valence-corrected chi connectivity index (χ4v) is 2.11. The summed E-state index contributed by atoms with van der Waals surface area (Å²) in [6.07, 6.45) is 2.22. The molecule has 0 aliphatic heterocycles. The monoisotopic (exact) mass is 290 g/mol. The second-order valence-corrected chi connectivity index (χ2v) is 6.59. The van der Waals surface area contributed by atoms with E-state index >= 15 is 0 Å². The van der Waals surface area contributed by atoms with Gasteiger partial charge in [-0.2, -0.15) is 0 Å². The second-order valence-electron chi connectivity index (χ2n) is 6.59. The van der Waals surface area contributed by atoms with Gasteiger partial charge in [0.05, 0.1) is 6.61 Å². The zero-order chi connectivity index (χ0) is 15.1. The molecule has 1 aromatic rings. The summed E-state index contributed by atoms with van der Waals surface area (Å²) in [5.74, 6) is 0.00513. The molecule has 4 heteroatoms.